The van der Waals surface area contributed by atoms with Gasteiger partial charge in [0.1, 0.15) is 0 Å². The second-order valence-electron chi connectivity index (χ2n) is 4.41. The van der Waals surface area contributed by atoms with E-state index in [1.807, 2.05) is 26.0 Å². The molecule has 0 aliphatic carbocycles. The smallest absolute Gasteiger partial charge is 0.168 e. The maximum atomic E-state index is 12.3. The number of nitrogen functional groups attached to an aromatic ring is 1. The molecule has 3 heteroatoms. The van der Waals surface area contributed by atoms with Gasteiger partial charge in [-0.05, 0) is 44.0 Å². The molecule has 1 aliphatic rings. The standard InChI is InChI=1S/C13H17NO2/c1-8-7-10(14)3-4-11(8)13(15)12-5-6-16-9(12)2/h3-4,7,9,12H,5-6,14H2,1-2H3. The van der Waals surface area contributed by atoms with Gasteiger partial charge in [-0.15, -0.1) is 0 Å². The van der Waals surface area contributed by atoms with Crippen LogP contribution in [0.1, 0.15) is 29.3 Å². The van der Waals surface area contributed by atoms with Crippen molar-refractivity contribution in [3.8, 4) is 0 Å². The van der Waals surface area contributed by atoms with Gasteiger partial charge >= 0.3 is 0 Å². The highest BCUT2D eigenvalue weighted by atomic mass is 16.5. The summed E-state index contributed by atoms with van der Waals surface area (Å²) in [6.45, 7) is 4.57. The summed E-state index contributed by atoms with van der Waals surface area (Å²) in [6, 6.07) is 5.44. The van der Waals surface area contributed by atoms with E-state index in [4.69, 9.17) is 10.5 Å². The Morgan fingerprint density at radius 1 is 1.50 bits per heavy atom. The van der Waals surface area contributed by atoms with Gasteiger partial charge < -0.3 is 10.5 Å². The van der Waals surface area contributed by atoms with Crippen molar-refractivity contribution in [2.24, 2.45) is 5.92 Å². The largest absolute Gasteiger partial charge is 0.399 e. The van der Waals surface area contributed by atoms with E-state index in [1.54, 1.807) is 6.07 Å². The van der Waals surface area contributed by atoms with Gasteiger partial charge in [-0.1, -0.05) is 0 Å². The van der Waals surface area contributed by atoms with Gasteiger partial charge in [-0.2, -0.15) is 0 Å². The van der Waals surface area contributed by atoms with Gasteiger partial charge in [0.05, 0.1) is 12.0 Å². The molecule has 1 heterocycles. The average molecular weight is 219 g/mol. The Morgan fingerprint density at radius 3 is 2.81 bits per heavy atom. The lowest BCUT2D eigenvalue weighted by molar-refractivity contribution is 0.0764. The Balaban J connectivity index is 2.27. The van der Waals surface area contributed by atoms with Gasteiger partial charge in [-0.3, -0.25) is 4.79 Å². The van der Waals surface area contributed by atoms with Crippen LogP contribution in [0.25, 0.3) is 0 Å². The maximum absolute atomic E-state index is 12.3. The minimum atomic E-state index is 0.00215. The molecule has 0 bridgehead atoms. The number of nitrogens with two attached hydrogens (primary N) is 1. The number of carbonyl (C=O) groups is 1. The molecule has 0 spiro atoms. The van der Waals surface area contributed by atoms with E-state index in [-0.39, 0.29) is 17.8 Å². The number of hydrogen-bond acceptors (Lipinski definition) is 3. The molecule has 2 unspecified atom stereocenters. The maximum Gasteiger partial charge on any atom is 0.168 e. The van der Waals surface area contributed by atoms with Crippen LogP contribution in [0.5, 0.6) is 0 Å². The predicted molar refractivity (Wildman–Crippen MR) is 63.4 cm³/mol. The third-order valence-electron chi connectivity index (χ3n) is 3.23. The van der Waals surface area contributed by atoms with Gasteiger partial charge in [0.25, 0.3) is 0 Å². The van der Waals surface area contributed by atoms with Crippen LogP contribution in [0.15, 0.2) is 18.2 Å². The number of ether oxygens (including phenoxy) is 1. The Labute approximate surface area is 95.6 Å². The van der Waals surface area contributed by atoms with Gasteiger partial charge in [0, 0.05) is 17.9 Å². The van der Waals surface area contributed by atoms with Crippen LogP contribution < -0.4 is 5.73 Å². The third-order valence-corrected chi connectivity index (χ3v) is 3.23. The van der Waals surface area contributed by atoms with Crippen LogP contribution in [0.3, 0.4) is 0 Å². The summed E-state index contributed by atoms with van der Waals surface area (Å²) in [5.41, 5.74) is 8.09. The highest BCUT2D eigenvalue weighted by Crippen LogP contribution is 2.26. The van der Waals surface area contributed by atoms with Crippen molar-refractivity contribution in [1.82, 2.24) is 0 Å². The molecule has 2 N–H and O–H groups in total. The van der Waals surface area contributed by atoms with E-state index in [0.717, 1.165) is 17.5 Å². The number of hydrogen-bond donors (Lipinski definition) is 1. The van der Waals surface area contributed by atoms with Crippen LogP contribution in [0.4, 0.5) is 5.69 Å². The minimum Gasteiger partial charge on any atom is -0.399 e. The number of rotatable bonds is 2. The summed E-state index contributed by atoms with van der Waals surface area (Å²) in [5, 5.41) is 0. The molecule has 1 aromatic carbocycles. The van der Waals surface area contributed by atoms with Crippen LogP contribution >= 0.6 is 0 Å². The molecular formula is C13H17NO2. The lowest BCUT2D eigenvalue weighted by Gasteiger charge is -2.14. The van der Waals surface area contributed by atoms with Crippen molar-refractivity contribution in [2.75, 3.05) is 12.3 Å². The Kier molecular flexibility index (Phi) is 2.97. The number of benzene rings is 1. The van der Waals surface area contributed by atoms with Gasteiger partial charge in [0.15, 0.2) is 5.78 Å². The predicted octanol–water partition coefficient (Wildman–Crippen LogP) is 2.18. The zero-order valence-electron chi connectivity index (χ0n) is 9.69. The number of carbonyl (C=O) groups excluding carboxylic acids is 1. The second kappa shape index (κ2) is 4.26. The molecule has 0 radical (unpaired) electrons. The molecule has 1 saturated heterocycles. The number of anilines is 1. The topological polar surface area (TPSA) is 52.3 Å². The van der Waals surface area contributed by atoms with E-state index >= 15 is 0 Å². The van der Waals surface area contributed by atoms with Gasteiger partial charge in [-0.25, -0.2) is 0 Å². The lowest BCUT2D eigenvalue weighted by Crippen LogP contribution is -2.22. The zero-order valence-corrected chi connectivity index (χ0v) is 9.69. The molecule has 3 nitrogen and oxygen atoms in total. The Hall–Kier alpha value is -1.35. The first-order valence-electron chi connectivity index (χ1n) is 5.61. The summed E-state index contributed by atoms with van der Waals surface area (Å²) in [4.78, 5) is 12.3. The zero-order chi connectivity index (χ0) is 11.7. The molecule has 0 amide bonds. The van der Waals surface area contributed by atoms with Crippen molar-refractivity contribution in [1.29, 1.82) is 0 Å². The summed E-state index contributed by atoms with van der Waals surface area (Å²) >= 11 is 0. The Morgan fingerprint density at radius 2 is 2.25 bits per heavy atom. The van der Waals surface area contributed by atoms with E-state index in [1.165, 1.54) is 0 Å². The van der Waals surface area contributed by atoms with E-state index in [0.29, 0.717) is 12.3 Å². The first-order valence-corrected chi connectivity index (χ1v) is 5.61. The monoisotopic (exact) mass is 219 g/mol. The lowest BCUT2D eigenvalue weighted by atomic mass is 9.90. The molecular weight excluding hydrogens is 202 g/mol. The molecule has 1 fully saturated rings. The molecule has 86 valence electrons. The van der Waals surface area contributed by atoms with E-state index in [2.05, 4.69) is 0 Å². The number of Topliss-reactive ketones (excluding diaryl/α,β-unsaturated/α-hetero) is 1. The normalized spacial score (nSPS) is 24.6. The fourth-order valence-corrected chi connectivity index (χ4v) is 2.24. The molecule has 0 saturated carbocycles. The highest BCUT2D eigenvalue weighted by Gasteiger charge is 2.31. The van der Waals surface area contributed by atoms with Crippen LogP contribution in [-0.2, 0) is 4.74 Å². The second-order valence-corrected chi connectivity index (χ2v) is 4.41. The van der Waals surface area contributed by atoms with E-state index in [9.17, 15) is 4.79 Å². The van der Waals surface area contributed by atoms with E-state index < -0.39 is 0 Å². The van der Waals surface area contributed by atoms with Crippen LogP contribution in [-0.4, -0.2) is 18.5 Å². The molecule has 1 aliphatic heterocycles. The van der Waals surface area contributed by atoms with Gasteiger partial charge in [0.2, 0.25) is 0 Å². The van der Waals surface area contributed by atoms with Crippen molar-refractivity contribution in [3.63, 3.8) is 0 Å². The van der Waals surface area contributed by atoms with Crippen molar-refractivity contribution >= 4 is 11.5 Å². The highest BCUT2D eigenvalue weighted by molar-refractivity contribution is 5.99. The van der Waals surface area contributed by atoms with Crippen LogP contribution in [0.2, 0.25) is 0 Å². The molecule has 0 aromatic heterocycles. The quantitative estimate of drug-likeness (QED) is 0.612. The molecule has 2 rings (SSSR count). The van der Waals surface area contributed by atoms with Crippen LogP contribution in [0, 0.1) is 12.8 Å². The number of aryl methyl sites for hydroxylation is 1. The summed E-state index contributed by atoms with van der Waals surface area (Å²) < 4.78 is 5.43. The average Bonchev–Trinajstić information content (AvgIpc) is 2.63. The SMILES string of the molecule is Cc1cc(N)ccc1C(=O)C1CCOC1C. The summed E-state index contributed by atoms with van der Waals surface area (Å²) in [6.07, 6.45) is 0.855. The fourth-order valence-electron chi connectivity index (χ4n) is 2.24. The first kappa shape index (κ1) is 11.1. The summed E-state index contributed by atoms with van der Waals surface area (Å²) in [7, 11) is 0. The third kappa shape index (κ3) is 1.95. The molecule has 2 atom stereocenters. The van der Waals surface area contributed by atoms with Crippen molar-refractivity contribution in [3.05, 3.63) is 29.3 Å². The first-order chi connectivity index (χ1) is 7.59. The number of ketones is 1. The molecule has 16 heavy (non-hydrogen) atoms. The van der Waals surface area contributed by atoms with Crippen molar-refractivity contribution in [2.45, 2.75) is 26.4 Å². The minimum absolute atomic E-state index is 0.00215. The van der Waals surface area contributed by atoms with Crippen molar-refractivity contribution < 1.29 is 9.53 Å². The fraction of sp³-hybridized carbons (Fsp3) is 0.462. The molecule has 1 aromatic rings. The Bertz CT molecular complexity index is 414. The summed E-state index contributed by atoms with van der Waals surface area (Å²) in [5.74, 6) is 0.185.